The van der Waals surface area contributed by atoms with Crippen LogP contribution in [-0.2, 0) is 4.79 Å². The van der Waals surface area contributed by atoms with E-state index >= 15 is 0 Å². The highest BCUT2D eigenvalue weighted by Gasteiger charge is 2.39. The summed E-state index contributed by atoms with van der Waals surface area (Å²) in [6.07, 6.45) is -3.52. The third-order valence-corrected chi connectivity index (χ3v) is 2.53. The molecule has 0 fully saturated rings. The summed E-state index contributed by atoms with van der Waals surface area (Å²) in [5, 5.41) is 0. The van der Waals surface area contributed by atoms with Gasteiger partial charge in [-0.3, -0.25) is 0 Å². The summed E-state index contributed by atoms with van der Waals surface area (Å²) in [6.45, 7) is 0. The lowest BCUT2D eigenvalue weighted by molar-refractivity contribution is -0.140. The molecule has 0 aromatic carbocycles. The minimum absolute atomic E-state index is 0.145. The van der Waals surface area contributed by atoms with Crippen LogP contribution in [0, 0.1) is 4.64 Å². The summed E-state index contributed by atoms with van der Waals surface area (Å²) in [7, 11) is 0. The van der Waals surface area contributed by atoms with Crippen LogP contribution in [0.4, 0.5) is 13.2 Å². The van der Waals surface area contributed by atoms with Gasteiger partial charge in [0.05, 0.1) is 11.1 Å². The topological polar surface area (TPSA) is 31.2 Å². The Hall–Kier alpha value is -1.85. The lowest BCUT2D eigenvalue weighted by Gasteiger charge is -2.17. The molecule has 0 atom stereocenters. The number of carbonyl (C=O) groups excluding carboxylic acids is 1. The lowest BCUT2D eigenvalue weighted by Crippen LogP contribution is -2.26. The van der Waals surface area contributed by atoms with Crippen molar-refractivity contribution in [3.05, 3.63) is 45.9 Å². The van der Waals surface area contributed by atoms with Crippen molar-refractivity contribution in [3.63, 3.8) is 0 Å². The summed E-state index contributed by atoms with van der Waals surface area (Å²) >= 11 is 4.86. The summed E-state index contributed by atoms with van der Waals surface area (Å²) in [6, 6.07) is 4.75. The smallest absolute Gasteiger partial charge is 0.330 e. The van der Waals surface area contributed by atoms with Crippen molar-refractivity contribution < 1.29 is 22.8 Å². The molecule has 0 saturated heterocycles. The van der Waals surface area contributed by atoms with Gasteiger partial charge in [-0.1, -0.05) is 18.3 Å². The third kappa shape index (κ3) is 2.52. The maximum atomic E-state index is 12.1. The third-order valence-electron chi connectivity index (χ3n) is 2.21. The van der Waals surface area contributed by atoms with E-state index in [9.17, 15) is 18.0 Å². The predicted octanol–water partition coefficient (Wildman–Crippen LogP) is 2.59. The van der Waals surface area contributed by atoms with Gasteiger partial charge in [0.15, 0.2) is 0 Å². The molecule has 0 amide bonds. The van der Waals surface area contributed by atoms with Gasteiger partial charge in [-0.2, -0.15) is 17.9 Å². The Morgan fingerprint density at radius 2 is 2.11 bits per heavy atom. The van der Waals surface area contributed by atoms with E-state index in [1.165, 1.54) is 12.3 Å². The zero-order valence-corrected chi connectivity index (χ0v) is 9.64. The average molecular weight is 273 g/mol. The molecule has 0 bridgehead atoms. The fourth-order valence-electron chi connectivity index (χ4n) is 1.27. The van der Waals surface area contributed by atoms with E-state index in [4.69, 9.17) is 17.1 Å². The molecule has 18 heavy (non-hydrogen) atoms. The molecule has 1 aliphatic rings. The van der Waals surface area contributed by atoms with Gasteiger partial charge in [-0.15, -0.1) is 5.73 Å². The average Bonchev–Trinajstić information content (AvgIpc) is 2.16. The van der Waals surface area contributed by atoms with Gasteiger partial charge < -0.3 is 4.84 Å². The van der Waals surface area contributed by atoms with Crippen LogP contribution in [-0.4, -0.2) is 16.9 Å². The number of alkyl halides is 3. The minimum atomic E-state index is -4.44. The van der Waals surface area contributed by atoms with E-state index < -0.39 is 24.1 Å². The quantitative estimate of drug-likeness (QED) is 0.613. The van der Waals surface area contributed by atoms with E-state index in [1.54, 1.807) is 12.1 Å². The van der Waals surface area contributed by atoms with Crippen molar-refractivity contribution >= 4 is 18.2 Å². The molecule has 7 heteroatoms. The van der Waals surface area contributed by atoms with Gasteiger partial charge >= 0.3 is 12.1 Å². The van der Waals surface area contributed by atoms with Gasteiger partial charge in [0.1, 0.15) is 4.64 Å². The van der Waals surface area contributed by atoms with Crippen molar-refractivity contribution in [2.45, 2.75) is 12.6 Å². The second-order valence-electron chi connectivity index (χ2n) is 3.50. The molecular formula is C11H6F3NO2S. The van der Waals surface area contributed by atoms with Crippen molar-refractivity contribution in [1.82, 2.24) is 4.73 Å². The second-order valence-corrected chi connectivity index (χ2v) is 3.92. The maximum absolute atomic E-state index is 12.1. The van der Waals surface area contributed by atoms with Gasteiger partial charge in [0.2, 0.25) is 0 Å². The van der Waals surface area contributed by atoms with Crippen LogP contribution in [0.3, 0.4) is 0 Å². The van der Waals surface area contributed by atoms with Crippen molar-refractivity contribution in [2.75, 3.05) is 0 Å². The molecule has 94 valence electrons. The van der Waals surface area contributed by atoms with Gasteiger partial charge in [-0.25, -0.2) is 4.79 Å². The van der Waals surface area contributed by atoms with Crippen molar-refractivity contribution in [1.29, 1.82) is 0 Å². The Morgan fingerprint density at radius 3 is 2.67 bits per heavy atom. The van der Waals surface area contributed by atoms with Crippen LogP contribution in [0.15, 0.2) is 41.3 Å². The number of rotatable bonds is 2. The monoisotopic (exact) mass is 273 g/mol. The Balaban J connectivity index is 2.16. The van der Waals surface area contributed by atoms with Crippen molar-refractivity contribution in [2.24, 2.45) is 0 Å². The largest absolute Gasteiger partial charge is 0.420 e. The summed E-state index contributed by atoms with van der Waals surface area (Å²) in [4.78, 5) is 16.3. The standard InChI is InChI=1S/C11H6F3NO2S/c12-11(13,14)8-5-7(6-8)10(16)17-15-4-2-1-3-9(15)18/h1-4H,5H2. The Bertz CT molecular complexity index is 624. The first-order valence-corrected chi connectivity index (χ1v) is 5.25. The first-order valence-electron chi connectivity index (χ1n) is 4.84. The Morgan fingerprint density at radius 1 is 1.44 bits per heavy atom. The molecule has 0 unspecified atom stereocenters. The maximum Gasteiger partial charge on any atom is 0.420 e. The number of pyridine rings is 1. The lowest BCUT2D eigenvalue weighted by atomic mass is 9.97. The second kappa shape index (κ2) is 4.44. The van der Waals surface area contributed by atoms with E-state index in [2.05, 4.69) is 0 Å². The number of hydrogen-bond acceptors (Lipinski definition) is 3. The molecule has 1 aromatic rings. The molecule has 0 spiro atoms. The molecule has 3 nitrogen and oxygen atoms in total. The first kappa shape index (κ1) is 12.6. The molecule has 0 radical (unpaired) electrons. The van der Waals surface area contributed by atoms with E-state index in [0.717, 1.165) is 4.73 Å². The number of carbonyl (C=O) groups is 1. The summed E-state index contributed by atoms with van der Waals surface area (Å²) in [5.74, 6) is -0.884. The zero-order valence-electron chi connectivity index (χ0n) is 8.82. The van der Waals surface area contributed by atoms with Crippen LogP contribution in [0.25, 0.3) is 0 Å². The number of halogens is 3. The normalized spacial score (nSPS) is 14.4. The first-order chi connectivity index (χ1) is 8.38. The van der Waals surface area contributed by atoms with Crippen LogP contribution in [0.5, 0.6) is 0 Å². The Labute approximate surface area is 105 Å². The highest BCUT2D eigenvalue weighted by Crippen LogP contribution is 2.34. The highest BCUT2D eigenvalue weighted by molar-refractivity contribution is 7.71. The fourth-order valence-corrected chi connectivity index (χ4v) is 1.44. The summed E-state index contributed by atoms with van der Waals surface area (Å²) in [5.41, 5.74) is 0.945. The molecule has 0 N–H and O–H groups in total. The molecule has 0 saturated carbocycles. The van der Waals surface area contributed by atoms with Crippen molar-refractivity contribution in [3.8, 4) is 0 Å². The Kier molecular flexibility index (Phi) is 3.11. The zero-order chi connectivity index (χ0) is 13.3. The van der Waals surface area contributed by atoms with Crippen LogP contribution >= 0.6 is 12.2 Å². The SMILES string of the molecule is O=C(On1ccccc1=S)C1=C=C(C(F)(F)F)C1. The van der Waals surface area contributed by atoms with Crippen LogP contribution < -0.4 is 4.84 Å². The van der Waals surface area contributed by atoms with Gasteiger partial charge in [0.25, 0.3) is 0 Å². The van der Waals surface area contributed by atoms with Gasteiger partial charge in [0, 0.05) is 12.6 Å². The number of hydrogen-bond donors (Lipinski definition) is 0. The van der Waals surface area contributed by atoms with E-state index in [0.29, 0.717) is 0 Å². The minimum Gasteiger partial charge on any atom is -0.330 e. The highest BCUT2D eigenvalue weighted by atomic mass is 32.1. The summed E-state index contributed by atoms with van der Waals surface area (Å²) < 4.78 is 37.7. The van der Waals surface area contributed by atoms with Crippen LogP contribution in [0.2, 0.25) is 0 Å². The molecule has 1 aromatic heterocycles. The molecular weight excluding hydrogens is 267 g/mol. The fraction of sp³-hybridized carbons (Fsp3) is 0.182. The molecule has 1 aliphatic carbocycles. The number of nitrogens with zero attached hydrogens (tertiary/aromatic N) is 1. The van der Waals surface area contributed by atoms with E-state index in [1.807, 2.05) is 5.73 Å². The number of aromatic nitrogens is 1. The predicted molar refractivity (Wildman–Crippen MR) is 58.1 cm³/mol. The molecule has 2 rings (SSSR count). The van der Waals surface area contributed by atoms with Crippen LogP contribution in [0.1, 0.15) is 6.42 Å². The molecule has 1 heterocycles. The van der Waals surface area contributed by atoms with E-state index in [-0.39, 0.29) is 10.2 Å². The van der Waals surface area contributed by atoms with Gasteiger partial charge in [-0.05, 0) is 12.1 Å². The molecule has 0 aliphatic heterocycles.